The highest BCUT2D eigenvalue weighted by Crippen LogP contribution is 2.38. The summed E-state index contributed by atoms with van der Waals surface area (Å²) < 4.78 is 32.2. The van der Waals surface area contributed by atoms with Crippen molar-refractivity contribution >= 4 is 23.8 Å². The zero-order valence-corrected chi connectivity index (χ0v) is 11.7. The molecule has 0 unspecified atom stereocenters. The van der Waals surface area contributed by atoms with Crippen molar-refractivity contribution in [2.75, 3.05) is 13.7 Å². The molecule has 0 spiro atoms. The number of nitrogens with zero attached hydrogens (tertiary/aromatic N) is 1. The summed E-state index contributed by atoms with van der Waals surface area (Å²) in [6, 6.07) is 0. The third kappa shape index (κ3) is 2.52. The number of nitrogens with one attached hydrogen (secondary N) is 1. The van der Waals surface area contributed by atoms with Gasteiger partial charge in [-0.25, -0.2) is 9.18 Å². The van der Waals surface area contributed by atoms with Gasteiger partial charge in [-0.2, -0.15) is 0 Å². The monoisotopic (exact) mass is 327 g/mol. The molecule has 20 heavy (non-hydrogen) atoms. The van der Waals surface area contributed by atoms with Crippen LogP contribution in [0.15, 0.2) is 11.0 Å². The molecular weight excluding hydrogens is 315 g/mol. The maximum absolute atomic E-state index is 14.4. The largest absolute Gasteiger partial charge is 0.385 e. The predicted molar refractivity (Wildman–Crippen MR) is 68.7 cm³/mol. The number of H-pyrrole nitrogens is 1. The van der Waals surface area contributed by atoms with E-state index in [1.165, 1.54) is 0 Å². The molecule has 0 bridgehead atoms. The predicted octanol–water partition coefficient (Wildman–Crippen LogP) is 0.122. The molecule has 0 amide bonds. The first-order valence-corrected chi connectivity index (χ1v) is 6.20. The lowest BCUT2D eigenvalue weighted by Gasteiger charge is -2.21. The lowest BCUT2D eigenvalue weighted by atomic mass is 10.1. The number of alkyl halides is 1. The fraction of sp³-hybridized carbons (Fsp3) is 0.600. The maximum atomic E-state index is 14.4. The lowest BCUT2D eigenvalue weighted by Crippen LogP contribution is -2.42. The first kappa shape index (κ1) is 14.1. The highest BCUT2D eigenvalue weighted by atomic mass is 35.5. The van der Waals surface area contributed by atoms with Gasteiger partial charge >= 0.3 is 5.69 Å². The van der Waals surface area contributed by atoms with Crippen LogP contribution in [0, 0.1) is 4.64 Å². The van der Waals surface area contributed by atoms with E-state index in [-0.39, 0.29) is 9.66 Å². The summed E-state index contributed by atoms with van der Waals surface area (Å²) in [6.07, 6.45) is -5.86. The minimum atomic E-state index is -2.85. The van der Waals surface area contributed by atoms with Crippen LogP contribution in [0.5, 0.6) is 0 Å². The summed E-state index contributed by atoms with van der Waals surface area (Å²) in [5, 5.41) is 19.5. The summed E-state index contributed by atoms with van der Waals surface area (Å²) in [6.45, 7) is -0.739. The van der Waals surface area contributed by atoms with Gasteiger partial charge in [0.2, 0.25) is 0 Å². The fourth-order valence-electron chi connectivity index (χ4n) is 1.78. The summed E-state index contributed by atoms with van der Waals surface area (Å²) in [7, 11) is 1.15. The van der Waals surface area contributed by atoms with Gasteiger partial charge in [-0.05, 0) is 0 Å². The number of hydrogen-bond donors (Lipinski definition) is 3. The van der Waals surface area contributed by atoms with Crippen LogP contribution < -0.4 is 5.69 Å². The number of aliphatic hydroxyl groups is 2. The van der Waals surface area contributed by atoms with Crippen LogP contribution in [-0.2, 0) is 9.47 Å². The first-order chi connectivity index (χ1) is 9.65. The van der Waals surface area contributed by atoms with Gasteiger partial charge in [0.1, 0.15) is 23.5 Å². The van der Waals surface area contributed by atoms with Gasteiger partial charge < -0.3 is 19.7 Å². The first-order valence-electron chi connectivity index (χ1n) is 5.92. The van der Waals surface area contributed by atoms with Crippen LogP contribution in [0.4, 0.5) is 4.39 Å². The van der Waals surface area contributed by atoms with Gasteiger partial charge in [0.05, 0.1) is 6.39 Å². The van der Waals surface area contributed by atoms with E-state index < -0.39 is 36.6 Å². The molecule has 0 aliphatic carbocycles. The van der Waals surface area contributed by atoms with Gasteiger partial charge in [-0.1, -0.05) is 23.8 Å². The summed E-state index contributed by atoms with van der Waals surface area (Å²) in [5.74, 6) is -2.85. The van der Waals surface area contributed by atoms with Crippen molar-refractivity contribution in [1.82, 2.24) is 9.55 Å². The standard InChI is InChI=1S/C10H12ClFN2O5S/c1-18-3-10(12)6(16)5(15)8(19-10)14-2-4(11)7(20)13-9(14)17/h2,5-6,8,15-16H,3H2,1H3,(H,13,17,20)/t5-,6+,8-,10-/m1/s1/i8D. The second-order valence-electron chi connectivity index (χ2n) is 4.16. The van der Waals surface area contributed by atoms with E-state index in [1.54, 1.807) is 0 Å². The Morgan fingerprint density at radius 2 is 2.45 bits per heavy atom. The van der Waals surface area contributed by atoms with E-state index >= 15 is 0 Å². The van der Waals surface area contributed by atoms with Crippen LogP contribution in [0.3, 0.4) is 0 Å². The second-order valence-corrected chi connectivity index (χ2v) is 4.97. The highest BCUT2D eigenvalue weighted by molar-refractivity contribution is 7.71. The van der Waals surface area contributed by atoms with Gasteiger partial charge in [-0.3, -0.25) is 9.55 Å². The molecule has 1 aliphatic rings. The van der Waals surface area contributed by atoms with Crippen LogP contribution in [0.25, 0.3) is 0 Å². The van der Waals surface area contributed by atoms with Crippen molar-refractivity contribution in [2.45, 2.75) is 24.3 Å². The Kier molecular flexibility index (Phi) is 3.89. The summed E-state index contributed by atoms with van der Waals surface area (Å²) in [5.41, 5.74) is -0.952. The molecule has 0 saturated carbocycles. The van der Waals surface area contributed by atoms with Crippen LogP contribution in [0.1, 0.15) is 7.57 Å². The third-order valence-corrected chi connectivity index (χ3v) is 3.47. The molecule has 1 saturated heterocycles. The Hall–Kier alpha value is -0.840. The van der Waals surface area contributed by atoms with E-state index in [2.05, 4.69) is 9.72 Å². The number of methoxy groups -OCH3 is 1. The molecule has 1 fully saturated rings. The normalized spacial score (nSPS) is 38.0. The van der Waals surface area contributed by atoms with Crippen molar-refractivity contribution in [3.05, 3.63) is 26.3 Å². The molecule has 0 aromatic carbocycles. The van der Waals surface area contributed by atoms with E-state index in [1.807, 2.05) is 0 Å². The fourth-order valence-corrected chi connectivity index (χ4v) is 2.06. The average molecular weight is 328 g/mol. The third-order valence-electron chi connectivity index (χ3n) is 2.75. The zero-order chi connectivity index (χ0) is 16.0. The van der Waals surface area contributed by atoms with Crippen molar-refractivity contribution in [3.8, 4) is 0 Å². The van der Waals surface area contributed by atoms with Crippen molar-refractivity contribution < 1.29 is 25.4 Å². The maximum Gasteiger partial charge on any atom is 0.328 e. The van der Waals surface area contributed by atoms with Crippen molar-refractivity contribution in [2.24, 2.45) is 0 Å². The summed E-state index contributed by atoms with van der Waals surface area (Å²) >= 11 is 10.5. The molecule has 2 heterocycles. The van der Waals surface area contributed by atoms with Gasteiger partial charge in [0, 0.05) is 13.3 Å². The molecular formula is C10H12ClFN2O5S. The molecule has 3 N–H and O–H groups in total. The summed E-state index contributed by atoms with van der Waals surface area (Å²) in [4.78, 5) is 14.0. The lowest BCUT2D eigenvalue weighted by molar-refractivity contribution is -0.211. The Morgan fingerprint density at radius 3 is 3.05 bits per heavy atom. The van der Waals surface area contributed by atoms with Crippen LogP contribution in [0.2, 0.25) is 5.02 Å². The molecule has 1 aliphatic heterocycles. The van der Waals surface area contributed by atoms with E-state index in [0.29, 0.717) is 4.57 Å². The van der Waals surface area contributed by atoms with Gasteiger partial charge in [0.25, 0.3) is 5.85 Å². The van der Waals surface area contributed by atoms with Crippen molar-refractivity contribution in [1.29, 1.82) is 0 Å². The molecule has 1 aromatic heterocycles. The Labute approximate surface area is 123 Å². The number of aliphatic hydroxyl groups excluding tert-OH is 2. The Morgan fingerprint density at radius 1 is 1.80 bits per heavy atom. The number of aromatic nitrogens is 2. The molecule has 112 valence electrons. The topological polar surface area (TPSA) is 96.7 Å². The number of ether oxygens (including phenoxy) is 2. The molecule has 1 aromatic rings. The van der Waals surface area contributed by atoms with Crippen LogP contribution >= 0.6 is 23.8 Å². The second kappa shape index (κ2) is 5.51. The quantitative estimate of drug-likeness (QED) is 0.683. The molecule has 10 heteroatoms. The number of halogens is 2. The Balaban J connectivity index is 2.55. The SMILES string of the molecule is [2H][C@@]1(n2cc(Cl)c(=S)[nH]c2=O)O[C@](F)(COC)[C@@H](O)[C@H]1O. The van der Waals surface area contributed by atoms with Gasteiger partial charge in [0.15, 0.2) is 6.20 Å². The number of aromatic amines is 1. The molecule has 4 atom stereocenters. The number of hydrogen-bond acceptors (Lipinski definition) is 6. The minimum Gasteiger partial charge on any atom is -0.385 e. The zero-order valence-electron chi connectivity index (χ0n) is 11.2. The smallest absolute Gasteiger partial charge is 0.328 e. The molecule has 7 nitrogen and oxygen atoms in total. The Bertz CT molecular complexity index is 672. The highest BCUT2D eigenvalue weighted by Gasteiger charge is 2.56. The minimum absolute atomic E-state index is 0.0852. The van der Waals surface area contributed by atoms with Crippen LogP contribution in [-0.4, -0.2) is 51.5 Å². The van der Waals surface area contributed by atoms with E-state index in [0.717, 1.165) is 13.3 Å². The van der Waals surface area contributed by atoms with Gasteiger partial charge in [-0.15, -0.1) is 0 Å². The van der Waals surface area contributed by atoms with E-state index in [4.69, 9.17) is 29.9 Å². The molecule has 2 rings (SSSR count). The number of rotatable bonds is 3. The van der Waals surface area contributed by atoms with E-state index in [9.17, 15) is 19.4 Å². The van der Waals surface area contributed by atoms with Crippen molar-refractivity contribution in [3.63, 3.8) is 0 Å². The average Bonchev–Trinajstić information content (AvgIpc) is 2.56. The molecule has 0 radical (unpaired) electrons.